The SMILES string of the molecule is CN=C(NCc1ccc(NC(=O)OC)cc1)N1CCN(c2ncccn2)CC1.I. The molecule has 1 amide bonds. The lowest BCUT2D eigenvalue weighted by Crippen LogP contribution is -2.52. The van der Waals surface area contributed by atoms with Crippen LogP contribution >= 0.6 is 24.0 Å². The zero-order valence-electron chi connectivity index (χ0n) is 16.5. The van der Waals surface area contributed by atoms with Crippen LogP contribution in [0.4, 0.5) is 16.4 Å². The maximum atomic E-state index is 11.2. The fourth-order valence-electron chi connectivity index (χ4n) is 2.96. The van der Waals surface area contributed by atoms with Gasteiger partial charge in [-0.3, -0.25) is 10.3 Å². The normalized spacial score (nSPS) is 14.1. The van der Waals surface area contributed by atoms with Gasteiger partial charge in [0, 0.05) is 57.9 Å². The average Bonchev–Trinajstić information content (AvgIpc) is 2.76. The van der Waals surface area contributed by atoms with Gasteiger partial charge in [-0.15, -0.1) is 24.0 Å². The third kappa shape index (κ3) is 6.44. The number of hydrogen-bond donors (Lipinski definition) is 2. The number of anilines is 2. The van der Waals surface area contributed by atoms with E-state index < -0.39 is 6.09 Å². The molecular weight excluding hydrogens is 485 g/mol. The lowest BCUT2D eigenvalue weighted by Gasteiger charge is -2.36. The van der Waals surface area contributed by atoms with Crippen LogP contribution in [0.3, 0.4) is 0 Å². The highest BCUT2D eigenvalue weighted by molar-refractivity contribution is 14.0. The summed E-state index contributed by atoms with van der Waals surface area (Å²) in [7, 11) is 3.13. The van der Waals surface area contributed by atoms with Crippen LogP contribution in [0.2, 0.25) is 0 Å². The van der Waals surface area contributed by atoms with E-state index in [1.807, 2.05) is 30.3 Å². The Labute approximate surface area is 187 Å². The van der Waals surface area contributed by atoms with Crippen molar-refractivity contribution in [3.8, 4) is 0 Å². The highest BCUT2D eigenvalue weighted by atomic mass is 127. The molecule has 0 spiro atoms. The summed E-state index contributed by atoms with van der Waals surface area (Å²) in [6.07, 6.45) is 3.05. The van der Waals surface area contributed by atoms with Gasteiger partial charge in [0.05, 0.1) is 7.11 Å². The van der Waals surface area contributed by atoms with Crippen LogP contribution in [0.25, 0.3) is 0 Å². The molecule has 0 saturated carbocycles. The number of piperazine rings is 1. The minimum atomic E-state index is -0.480. The Hall–Kier alpha value is -2.63. The van der Waals surface area contributed by atoms with Crippen molar-refractivity contribution in [2.75, 3.05) is 50.6 Å². The number of amides is 1. The van der Waals surface area contributed by atoms with Gasteiger partial charge >= 0.3 is 6.09 Å². The Morgan fingerprint density at radius 3 is 2.38 bits per heavy atom. The molecule has 0 unspecified atom stereocenters. The molecule has 0 atom stereocenters. The molecule has 2 N–H and O–H groups in total. The number of halogens is 1. The molecule has 1 aromatic heterocycles. The molecule has 9 nitrogen and oxygen atoms in total. The maximum Gasteiger partial charge on any atom is 0.411 e. The van der Waals surface area contributed by atoms with Gasteiger partial charge in [0.25, 0.3) is 0 Å². The van der Waals surface area contributed by atoms with E-state index in [-0.39, 0.29) is 24.0 Å². The zero-order valence-corrected chi connectivity index (χ0v) is 18.9. The quantitative estimate of drug-likeness (QED) is 0.369. The first-order valence-corrected chi connectivity index (χ1v) is 9.11. The molecule has 1 saturated heterocycles. The second-order valence-electron chi connectivity index (χ2n) is 6.24. The highest BCUT2D eigenvalue weighted by Crippen LogP contribution is 2.11. The second-order valence-corrected chi connectivity index (χ2v) is 6.24. The Kier molecular flexibility index (Phi) is 8.90. The lowest BCUT2D eigenvalue weighted by molar-refractivity contribution is 0.187. The van der Waals surface area contributed by atoms with E-state index in [9.17, 15) is 4.79 Å². The molecule has 1 aliphatic heterocycles. The van der Waals surface area contributed by atoms with Gasteiger partial charge in [-0.2, -0.15) is 0 Å². The number of rotatable bonds is 4. The van der Waals surface area contributed by atoms with Crippen molar-refractivity contribution in [2.45, 2.75) is 6.54 Å². The topological polar surface area (TPSA) is 95.0 Å². The molecule has 2 aromatic rings. The number of guanidine groups is 1. The number of hydrogen-bond acceptors (Lipinski definition) is 6. The van der Waals surface area contributed by atoms with Crippen LogP contribution in [0, 0.1) is 0 Å². The number of aliphatic imine (C=N–C) groups is 1. The smallest absolute Gasteiger partial charge is 0.411 e. The van der Waals surface area contributed by atoms with Gasteiger partial charge in [0.15, 0.2) is 5.96 Å². The molecular formula is C19H26IN7O2. The van der Waals surface area contributed by atoms with E-state index in [1.165, 1.54) is 7.11 Å². The molecule has 1 fully saturated rings. The highest BCUT2D eigenvalue weighted by Gasteiger charge is 2.20. The van der Waals surface area contributed by atoms with Crippen LogP contribution in [0.15, 0.2) is 47.7 Å². The van der Waals surface area contributed by atoms with Crippen LogP contribution in [0.1, 0.15) is 5.56 Å². The summed E-state index contributed by atoms with van der Waals surface area (Å²) in [4.78, 5) is 28.7. The minimum absolute atomic E-state index is 0. The molecule has 1 aliphatic rings. The molecule has 2 heterocycles. The Bertz CT molecular complexity index is 794. The Morgan fingerprint density at radius 1 is 1.14 bits per heavy atom. The minimum Gasteiger partial charge on any atom is -0.453 e. The average molecular weight is 511 g/mol. The van der Waals surface area contributed by atoms with Crippen LogP contribution < -0.4 is 15.5 Å². The summed E-state index contributed by atoms with van der Waals surface area (Å²) in [5.74, 6) is 1.64. The fourth-order valence-corrected chi connectivity index (χ4v) is 2.96. The van der Waals surface area contributed by atoms with Crippen molar-refractivity contribution in [1.29, 1.82) is 0 Å². The predicted molar refractivity (Wildman–Crippen MR) is 124 cm³/mol. The monoisotopic (exact) mass is 511 g/mol. The van der Waals surface area contributed by atoms with Crippen molar-refractivity contribution in [2.24, 2.45) is 4.99 Å². The van der Waals surface area contributed by atoms with Crippen LogP contribution in [-0.4, -0.2) is 67.3 Å². The van der Waals surface area contributed by atoms with E-state index in [2.05, 4.69) is 40.1 Å². The first kappa shape index (κ1) is 22.7. The molecule has 3 rings (SSSR count). The van der Waals surface area contributed by atoms with E-state index in [1.54, 1.807) is 19.4 Å². The van der Waals surface area contributed by atoms with E-state index in [0.717, 1.165) is 43.7 Å². The Balaban J connectivity index is 0.00000300. The summed E-state index contributed by atoms with van der Waals surface area (Å²) < 4.78 is 4.59. The van der Waals surface area contributed by atoms with Crippen molar-refractivity contribution >= 4 is 47.7 Å². The molecule has 156 valence electrons. The number of carbonyl (C=O) groups is 1. The number of aromatic nitrogens is 2. The molecule has 29 heavy (non-hydrogen) atoms. The maximum absolute atomic E-state index is 11.2. The van der Waals surface area contributed by atoms with Gasteiger partial charge in [-0.05, 0) is 23.8 Å². The summed E-state index contributed by atoms with van der Waals surface area (Å²) >= 11 is 0. The first-order valence-electron chi connectivity index (χ1n) is 9.11. The van der Waals surface area contributed by atoms with E-state index in [4.69, 9.17) is 0 Å². The van der Waals surface area contributed by atoms with Crippen molar-refractivity contribution in [3.05, 3.63) is 48.3 Å². The van der Waals surface area contributed by atoms with Crippen molar-refractivity contribution in [1.82, 2.24) is 20.2 Å². The standard InChI is InChI=1S/C19H25N7O2.HI/c1-20-17(23-14-15-4-6-16(7-5-15)24-19(27)28-2)25-10-12-26(13-11-25)18-21-8-3-9-22-18;/h3-9H,10-14H2,1-2H3,(H,20,23)(H,24,27);1H. The summed E-state index contributed by atoms with van der Waals surface area (Å²) in [5, 5.41) is 6.03. The largest absolute Gasteiger partial charge is 0.453 e. The Morgan fingerprint density at radius 2 is 1.79 bits per heavy atom. The second kappa shape index (κ2) is 11.4. The number of methoxy groups -OCH3 is 1. The van der Waals surface area contributed by atoms with Crippen molar-refractivity contribution < 1.29 is 9.53 Å². The van der Waals surface area contributed by atoms with Crippen molar-refractivity contribution in [3.63, 3.8) is 0 Å². The number of ether oxygens (including phenoxy) is 1. The van der Waals surface area contributed by atoms with Gasteiger partial charge in [0.2, 0.25) is 5.95 Å². The first-order chi connectivity index (χ1) is 13.7. The lowest BCUT2D eigenvalue weighted by atomic mass is 10.2. The summed E-state index contributed by atoms with van der Waals surface area (Å²) in [5.41, 5.74) is 1.78. The van der Waals surface area contributed by atoms with Gasteiger partial charge in [-0.1, -0.05) is 12.1 Å². The third-order valence-corrected chi connectivity index (χ3v) is 4.46. The third-order valence-electron chi connectivity index (χ3n) is 4.46. The number of nitrogens with zero attached hydrogens (tertiary/aromatic N) is 5. The van der Waals surface area contributed by atoms with E-state index >= 15 is 0 Å². The van der Waals surface area contributed by atoms with Crippen LogP contribution in [-0.2, 0) is 11.3 Å². The number of benzene rings is 1. The molecule has 1 aromatic carbocycles. The molecule has 0 bridgehead atoms. The van der Waals surface area contributed by atoms with Gasteiger partial charge in [0.1, 0.15) is 0 Å². The molecule has 10 heteroatoms. The molecule has 0 radical (unpaired) electrons. The predicted octanol–water partition coefficient (Wildman–Crippen LogP) is 2.17. The molecule has 0 aliphatic carbocycles. The summed E-state index contributed by atoms with van der Waals surface area (Å²) in [6, 6.07) is 9.42. The zero-order chi connectivity index (χ0) is 19.8. The van der Waals surface area contributed by atoms with Gasteiger partial charge in [-0.25, -0.2) is 14.8 Å². The number of nitrogens with one attached hydrogen (secondary N) is 2. The van der Waals surface area contributed by atoms with Gasteiger partial charge < -0.3 is 19.9 Å². The fraction of sp³-hybridized carbons (Fsp3) is 0.368. The number of carbonyl (C=O) groups excluding carboxylic acids is 1. The summed E-state index contributed by atoms with van der Waals surface area (Å²) in [6.45, 7) is 4.03. The van der Waals surface area contributed by atoms with Crippen LogP contribution in [0.5, 0.6) is 0 Å². The van der Waals surface area contributed by atoms with E-state index in [0.29, 0.717) is 12.2 Å².